The number of hydrogen-bond donors (Lipinski definition) is 2. The molecule has 0 unspecified atom stereocenters. The number of likely N-dealkylation sites (N-methyl/N-ethyl adjacent to an activating group) is 1. The highest BCUT2D eigenvalue weighted by Gasteiger charge is 2.75. The van der Waals surface area contributed by atoms with Crippen LogP contribution in [0.15, 0.2) is 24.3 Å². The van der Waals surface area contributed by atoms with Gasteiger partial charge < -0.3 is 26.9 Å². The average Bonchev–Trinajstić information content (AvgIpc) is 3.32. The Morgan fingerprint density at radius 1 is 1.30 bits per heavy atom. The lowest BCUT2D eigenvalue weighted by molar-refractivity contribution is -0.950. The van der Waals surface area contributed by atoms with Crippen molar-refractivity contribution in [2.75, 3.05) is 20.1 Å². The maximum Gasteiger partial charge on any atom is 0.166 e. The van der Waals surface area contributed by atoms with E-state index in [1.54, 1.807) is 6.07 Å². The van der Waals surface area contributed by atoms with Crippen molar-refractivity contribution in [2.24, 2.45) is 5.92 Å². The van der Waals surface area contributed by atoms with Crippen LogP contribution in [0.3, 0.4) is 0 Å². The molecule has 1 spiro atoms. The van der Waals surface area contributed by atoms with Gasteiger partial charge in [-0.05, 0) is 42.9 Å². The van der Waals surface area contributed by atoms with E-state index in [0.717, 1.165) is 53.8 Å². The van der Waals surface area contributed by atoms with Crippen molar-refractivity contribution < 1.29 is 19.4 Å². The Bertz CT molecular complexity index is 846. The highest BCUT2D eigenvalue weighted by molar-refractivity contribution is 5.63. The lowest BCUT2D eigenvalue weighted by atomic mass is 9.48. The van der Waals surface area contributed by atoms with E-state index >= 15 is 0 Å². The molecule has 3 aliphatic carbocycles. The van der Waals surface area contributed by atoms with Crippen LogP contribution in [0.4, 0.5) is 0 Å². The third kappa shape index (κ3) is 1.86. The summed E-state index contributed by atoms with van der Waals surface area (Å²) in [5.74, 6) is 1.66. The number of piperidine rings is 1. The Labute approximate surface area is 162 Å². The quantitative estimate of drug-likeness (QED) is 0.478. The molecule has 2 aliphatic heterocycles. The van der Waals surface area contributed by atoms with Crippen LogP contribution in [0.2, 0.25) is 0 Å². The summed E-state index contributed by atoms with van der Waals surface area (Å²) in [5, 5.41) is 22.7. The molecule has 1 aromatic rings. The fraction of sp³-hybridized carbons (Fsp3) is 0.609. The number of ether oxygens (including phenoxy) is 1. The predicted octanol–water partition coefficient (Wildman–Crippen LogP) is 3.11. The van der Waals surface area contributed by atoms with E-state index in [-0.39, 0.29) is 25.3 Å². The van der Waals surface area contributed by atoms with Gasteiger partial charge in [0.25, 0.3) is 0 Å². The first-order valence-electron chi connectivity index (χ1n) is 10.2. The topological polar surface area (TPSA) is 49.7 Å². The van der Waals surface area contributed by atoms with Crippen molar-refractivity contribution >= 4 is 0 Å². The number of benzene rings is 1. The first-order chi connectivity index (χ1) is 12.4. The predicted molar refractivity (Wildman–Crippen MR) is 105 cm³/mol. The van der Waals surface area contributed by atoms with E-state index < -0.39 is 11.0 Å². The molecule has 4 nitrogen and oxygen atoms in total. The maximum atomic E-state index is 12.3. The number of phenols is 1. The zero-order valence-electron chi connectivity index (χ0n) is 16.5. The second-order valence-electron chi connectivity index (χ2n) is 9.80. The molecule has 5 aliphatic rings. The molecule has 4 heteroatoms. The zero-order chi connectivity index (χ0) is 17.9. The molecule has 146 valence electrons. The average molecular weight is 370 g/mol. The van der Waals surface area contributed by atoms with Crippen LogP contribution in [0, 0.1) is 13.3 Å². The Morgan fingerprint density at radius 2 is 2.07 bits per heavy atom. The molecule has 0 aromatic heterocycles. The van der Waals surface area contributed by atoms with Gasteiger partial charge in [-0.25, -0.2) is 0 Å². The van der Waals surface area contributed by atoms with Crippen molar-refractivity contribution in [2.45, 2.75) is 61.7 Å². The monoisotopic (exact) mass is 369 g/mol. The molecular formula is C23H31NO3. The molecule has 1 aromatic carbocycles. The first kappa shape index (κ1) is 17.6. The molecule has 2 heterocycles. The van der Waals surface area contributed by atoms with E-state index in [1.807, 2.05) is 0 Å². The van der Waals surface area contributed by atoms with E-state index in [9.17, 15) is 10.2 Å². The van der Waals surface area contributed by atoms with E-state index in [1.165, 1.54) is 24.9 Å². The Morgan fingerprint density at radius 3 is 2.81 bits per heavy atom. The lowest BCUT2D eigenvalue weighted by Crippen LogP contribution is -2.80. The summed E-state index contributed by atoms with van der Waals surface area (Å²) < 4.78 is 7.32. The maximum absolute atomic E-state index is 12.3. The summed E-state index contributed by atoms with van der Waals surface area (Å²) in [6.45, 7) is 6.57. The fourth-order valence-electron chi connectivity index (χ4n) is 7.07. The summed E-state index contributed by atoms with van der Waals surface area (Å²) in [6, 6.07) is 4.05. The van der Waals surface area contributed by atoms with Gasteiger partial charge in [-0.1, -0.05) is 12.6 Å². The number of aromatic hydroxyl groups is 1. The summed E-state index contributed by atoms with van der Waals surface area (Å²) in [6.07, 6.45) is 5.88. The Hall–Kier alpha value is -1.52. The molecule has 2 N–H and O–H groups in total. The van der Waals surface area contributed by atoms with Crippen LogP contribution in [0.1, 0.15) is 43.2 Å². The summed E-state index contributed by atoms with van der Waals surface area (Å²) >= 11 is 0. The van der Waals surface area contributed by atoms with Crippen LogP contribution >= 0.6 is 0 Å². The van der Waals surface area contributed by atoms with Crippen LogP contribution in [0.5, 0.6) is 11.5 Å². The highest BCUT2D eigenvalue weighted by atomic mass is 16.5. The standard InChI is InChI=1S/C22H27NO3.CH3/c1-13-7-8-22(25)17-11-15-5-6-16(24)19-18(15)21(22,20(13)26-19)9-10-23(17,2)12-14-3-4-14;/h5-6,14,17,20,25H,1,3-4,7-12H2,2H3;1H3/q;-1/p+1/t17-,20+,21+,22-,23+;/m1./s1. The Balaban J connectivity index is 0.00000160. The molecule has 6 rings (SSSR count). The molecule has 5 atom stereocenters. The first-order valence-corrected chi connectivity index (χ1v) is 10.2. The minimum atomic E-state index is -0.771. The van der Waals surface area contributed by atoms with Gasteiger partial charge in [-0.3, -0.25) is 0 Å². The van der Waals surface area contributed by atoms with Crippen molar-refractivity contribution in [1.29, 1.82) is 0 Å². The third-order valence-electron chi connectivity index (χ3n) is 8.43. The van der Waals surface area contributed by atoms with Crippen molar-refractivity contribution in [3.63, 3.8) is 0 Å². The third-order valence-corrected chi connectivity index (χ3v) is 8.43. The van der Waals surface area contributed by atoms with Crippen LogP contribution in [-0.4, -0.2) is 52.6 Å². The summed E-state index contributed by atoms with van der Waals surface area (Å²) in [4.78, 5) is 0. The van der Waals surface area contributed by atoms with Gasteiger partial charge in [0.2, 0.25) is 0 Å². The van der Waals surface area contributed by atoms with Gasteiger partial charge in [-0.15, -0.1) is 0 Å². The van der Waals surface area contributed by atoms with Crippen LogP contribution in [0.25, 0.3) is 0 Å². The number of nitrogens with zero attached hydrogens (tertiary/aromatic N) is 1. The number of phenolic OH excluding ortho intramolecular Hbond substituents is 1. The highest BCUT2D eigenvalue weighted by Crippen LogP contribution is 2.67. The van der Waals surface area contributed by atoms with E-state index in [4.69, 9.17) is 4.74 Å². The number of quaternary nitrogens is 1. The molecule has 2 saturated carbocycles. The van der Waals surface area contributed by atoms with Crippen molar-refractivity contribution in [3.8, 4) is 11.5 Å². The lowest BCUT2D eigenvalue weighted by Gasteiger charge is -2.65. The second kappa shape index (κ2) is 5.09. The molecule has 3 fully saturated rings. The van der Waals surface area contributed by atoms with Crippen LogP contribution < -0.4 is 4.74 Å². The van der Waals surface area contributed by atoms with E-state index in [2.05, 4.69) is 19.7 Å². The van der Waals surface area contributed by atoms with Crippen LogP contribution in [-0.2, 0) is 11.8 Å². The molecule has 1 saturated heterocycles. The zero-order valence-corrected chi connectivity index (χ0v) is 16.5. The molecular weight excluding hydrogens is 338 g/mol. The molecule has 2 bridgehead atoms. The van der Waals surface area contributed by atoms with Gasteiger partial charge in [0.15, 0.2) is 11.5 Å². The normalized spacial score (nSPS) is 43.6. The minimum absolute atomic E-state index is 0. The van der Waals surface area contributed by atoms with Crippen molar-refractivity contribution in [3.05, 3.63) is 42.8 Å². The second-order valence-corrected chi connectivity index (χ2v) is 9.80. The molecule has 0 amide bonds. The van der Waals surface area contributed by atoms with Gasteiger partial charge in [0.1, 0.15) is 17.7 Å². The number of likely N-dealkylation sites (tertiary alicyclic amines) is 1. The molecule has 27 heavy (non-hydrogen) atoms. The van der Waals surface area contributed by atoms with Crippen molar-refractivity contribution in [1.82, 2.24) is 0 Å². The minimum Gasteiger partial charge on any atom is -0.504 e. The van der Waals surface area contributed by atoms with E-state index in [0.29, 0.717) is 5.75 Å². The summed E-state index contributed by atoms with van der Waals surface area (Å²) in [7, 11) is 2.37. The SMILES string of the molecule is C=C1CC[C@@]2(O)[C@H]3Cc4ccc(O)c5c4[C@@]2(CC[N@@+]3(C)CC2CC2)[C@H]1O5.[CH3-]. The number of aliphatic hydroxyl groups is 1. The molecule has 0 radical (unpaired) electrons. The fourth-order valence-corrected chi connectivity index (χ4v) is 7.07. The largest absolute Gasteiger partial charge is 0.504 e. The van der Waals surface area contributed by atoms with Gasteiger partial charge >= 0.3 is 0 Å². The van der Waals surface area contributed by atoms with Gasteiger partial charge in [-0.2, -0.15) is 0 Å². The smallest absolute Gasteiger partial charge is 0.166 e. The summed E-state index contributed by atoms with van der Waals surface area (Å²) in [5.41, 5.74) is 2.25. The number of hydrogen-bond acceptors (Lipinski definition) is 3. The Kier molecular flexibility index (Phi) is 3.31. The van der Waals surface area contributed by atoms with Gasteiger partial charge in [0.05, 0.1) is 25.6 Å². The number of rotatable bonds is 2. The van der Waals surface area contributed by atoms with Gasteiger partial charge in [0, 0.05) is 24.3 Å².